The largest absolute Gasteiger partial charge is 0.347 e. The monoisotopic (exact) mass is 473 g/mol. The summed E-state index contributed by atoms with van der Waals surface area (Å²) in [5.74, 6) is -1.14. The van der Waals surface area contributed by atoms with E-state index >= 15 is 0 Å². The number of aryl methyl sites for hydroxylation is 1. The molecule has 5 atom stereocenters. The lowest BCUT2D eigenvalue weighted by Crippen LogP contribution is -2.59. The van der Waals surface area contributed by atoms with Crippen molar-refractivity contribution in [1.82, 2.24) is 14.9 Å². The van der Waals surface area contributed by atoms with E-state index in [4.69, 9.17) is 28.7 Å². The minimum atomic E-state index is -0.886. The highest BCUT2D eigenvalue weighted by molar-refractivity contribution is 5.82. The van der Waals surface area contributed by atoms with Crippen LogP contribution in [0.1, 0.15) is 59.7 Å². The van der Waals surface area contributed by atoms with Gasteiger partial charge >= 0.3 is 0 Å². The molecule has 1 aromatic heterocycles. The van der Waals surface area contributed by atoms with E-state index in [0.717, 1.165) is 42.7 Å². The normalized spacial score (nSPS) is 31.4. The van der Waals surface area contributed by atoms with Crippen LogP contribution >= 0.6 is 0 Å². The Labute approximate surface area is 200 Å². The van der Waals surface area contributed by atoms with E-state index in [2.05, 4.69) is 22.9 Å². The zero-order chi connectivity index (χ0) is 24.1. The molecule has 0 saturated carbocycles. The molecule has 0 aliphatic carbocycles. The Morgan fingerprint density at radius 2 is 1.71 bits per heavy atom. The number of aromatic nitrogens is 2. The standard InChI is InChI=1S/C25H35N3O6/c1-6-7-10-13-28-16-12-9-8-11-15(16)27-17(28)14-26-22(29)20-18-19(32-24(2,3)31-18)21-23(30-20)34-25(4,5)33-21/h8-9,11-12,18-21,23H,6-7,10,13-14H2,1-5H3,(H,26,29)/t18-,19-,20+,21+,23+/m0/s1. The van der Waals surface area contributed by atoms with Gasteiger partial charge in [-0.25, -0.2) is 4.98 Å². The molecule has 9 nitrogen and oxygen atoms in total. The molecule has 2 aromatic rings. The average molecular weight is 474 g/mol. The predicted molar refractivity (Wildman–Crippen MR) is 124 cm³/mol. The second kappa shape index (κ2) is 8.87. The second-order valence-electron chi connectivity index (χ2n) is 10.2. The molecule has 3 aliphatic heterocycles. The minimum Gasteiger partial charge on any atom is -0.347 e. The predicted octanol–water partition coefficient (Wildman–Crippen LogP) is 3.24. The van der Waals surface area contributed by atoms with Crippen LogP contribution in [0, 0.1) is 0 Å². The number of benzene rings is 1. The SMILES string of the molecule is CCCCCn1c(CNC(=O)[C@@H]2O[C@@H]3OC(C)(C)O[C@@H]3[C@H]3OC(C)(C)O[C@@H]32)nc2ccccc21. The molecule has 3 saturated heterocycles. The fourth-order valence-corrected chi connectivity index (χ4v) is 5.12. The second-order valence-corrected chi connectivity index (χ2v) is 10.2. The molecule has 186 valence electrons. The van der Waals surface area contributed by atoms with Gasteiger partial charge in [-0.15, -0.1) is 0 Å². The number of fused-ring (bicyclic) bond motifs is 4. The van der Waals surface area contributed by atoms with Gasteiger partial charge < -0.3 is 33.6 Å². The van der Waals surface area contributed by atoms with Crippen molar-refractivity contribution in [3.05, 3.63) is 30.1 Å². The van der Waals surface area contributed by atoms with Crippen molar-refractivity contribution in [3.63, 3.8) is 0 Å². The van der Waals surface area contributed by atoms with Crippen LogP contribution in [0.15, 0.2) is 24.3 Å². The summed E-state index contributed by atoms with van der Waals surface area (Å²) in [5.41, 5.74) is 2.00. The summed E-state index contributed by atoms with van der Waals surface area (Å²) < 4.78 is 32.4. The van der Waals surface area contributed by atoms with E-state index in [1.165, 1.54) is 0 Å². The Hall–Kier alpha value is -2.04. The number of imidazole rings is 1. The van der Waals surface area contributed by atoms with Crippen LogP contribution in [-0.4, -0.2) is 57.7 Å². The third-order valence-electron chi connectivity index (χ3n) is 6.55. The smallest absolute Gasteiger partial charge is 0.252 e. The number of rotatable bonds is 7. The minimum absolute atomic E-state index is 0.282. The van der Waals surface area contributed by atoms with Crippen LogP contribution in [0.5, 0.6) is 0 Å². The van der Waals surface area contributed by atoms with Crippen molar-refractivity contribution in [2.24, 2.45) is 0 Å². The third kappa shape index (κ3) is 4.47. The highest BCUT2D eigenvalue weighted by atomic mass is 16.9. The van der Waals surface area contributed by atoms with E-state index in [0.29, 0.717) is 0 Å². The zero-order valence-electron chi connectivity index (χ0n) is 20.6. The number of hydrogen-bond acceptors (Lipinski definition) is 7. The molecule has 3 aliphatic rings. The van der Waals surface area contributed by atoms with Crippen LogP contribution in [0.2, 0.25) is 0 Å². The van der Waals surface area contributed by atoms with Gasteiger partial charge in [0, 0.05) is 6.54 Å². The van der Waals surface area contributed by atoms with Crippen LogP contribution in [-0.2, 0) is 41.6 Å². The van der Waals surface area contributed by atoms with Gasteiger partial charge in [0.2, 0.25) is 0 Å². The number of hydrogen-bond donors (Lipinski definition) is 1. The lowest BCUT2D eigenvalue weighted by atomic mass is 9.98. The molecule has 3 fully saturated rings. The van der Waals surface area contributed by atoms with E-state index in [-0.39, 0.29) is 12.5 Å². The molecule has 0 unspecified atom stereocenters. The van der Waals surface area contributed by atoms with E-state index in [1.807, 2.05) is 45.9 Å². The first-order valence-corrected chi connectivity index (χ1v) is 12.3. The number of unbranched alkanes of at least 4 members (excludes halogenated alkanes) is 2. The Morgan fingerprint density at radius 3 is 2.50 bits per heavy atom. The number of ether oxygens (including phenoxy) is 5. The molecular formula is C25H35N3O6. The van der Waals surface area contributed by atoms with Crippen LogP contribution in [0.25, 0.3) is 11.0 Å². The summed E-state index contributed by atoms with van der Waals surface area (Å²) in [6, 6.07) is 8.06. The van der Waals surface area contributed by atoms with E-state index < -0.39 is 42.3 Å². The number of carbonyl (C=O) groups excluding carboxylic acids is 1. The molecule has 0 bridgehead atoms. The topological polar surface area (TPSA) is 93.1 Å². The number of carbonyl (C=O) groups is 1. The summed E-state index contributed by atoms with van der Waals surface area (Å²) in [5, 5.41) is 3.02. The van der Waals surface area contributed by atoms with Crippen molar-refractivity contribution in [2.75, 3.05) is 0 Å². The summed E-state index contributed by atoms with van der Waals surface area (Å²) in [6.45, 7) is 10.6. The van der Waals surface area contributed by atoms with Crippen molar-refractivity contribution in [1.29, 1.82) is 0 Å². The highest BCUT2D eigenvalue weighted by Gasteiger charge is 2.62. The Bertz CT molecular complexity index is 1050. The van der Waals surface area contributed by atoms with Crippen molar-refractivity contribution >= 4 is 16.9 Å². The molecule has 1 amide bonds. The Morgan fingerprint density at radius 1 is 1.00 bits per heavy atom. The fourth-order valence-electron chi connectivity index (χ4n) is 5.12. The van der Waals surface area contributed by atoms with Gasteiger partial charge in [0.15, 0.2) is 24.0 Å². The molecule has 5 rings (SSSR count). The van der Waals surface area contributed by atoms with Crippen LogP contribution < -0.4 is 5.32 Å². The van der Waals surface area contributed by atoms with Gasteiger partial charge in [-0.1, -0.05) is 31.9 Å². The fraction of sp³-hybridized carbons (Fsp3) is 0.680. The maximum atomic E-state index is 13.4. The summed E-state index contributed by atoms with van der Waals surface area (Å²) in [6.07, 6.45) is 0.223. The highest BCUT2D eigenvalue weighted by Crippen LogP contribution is 2.44. The van der Waals surface area contributed by atoms with Gasteiger partial charge in [0.25, 0.3) is 5.91 Å². The van der Waals surface area contributed by atoms with Crippen molar-refractivity contribution in [2.45, 2.75) is 109 Å². The lowest BCUT2D eigenvalue weighted by Gasteiger charge is -2.36. The molecule has 0 radical (unpaired) electrons. The number of nitrogens with zero attached hydrogens (tertiary/aromatic N) is 2. The molecule has 1 N–H and O–H groups in total. The molecule has 34 heavy (non-hydrogen) atoms. The summed E-state index contributed by atoms with van der Waals surface area (Å²) in [4.78, 5) is 18.1. The zero-order valence-corrected chi connectivity index (χ0v) is 20.6. The maximum Gasteiger partial charge on any atom is 0.252 e. The first-order chi connectivity index (χ1) is 16.2. The van der Waals surface area contributed by atoms with Gasteiger partial charge in [0.1, 0.15) is 24.1 Å². The van der Waals surface area contributed by atoms with E-state index in [1.54, 1.807) is 0 Å². The number of amides is 1. The quantitative estimate of drug-likeness (QED) is 0.617. The molecule has 0 spiro atoms. The van der Waals surface area contributed by atoms with Crippen molar-refractivity contribution in [3.8, 4) is 0 Å². The first-order valence-electron chi connectivity index (χ1n) is 12.3. The summed E-state index contributed by atoms with van der Waals surface area (Å²) >= 11 is 0. The first kappa shape index (κ1) is 23.7. The lowest BCUT2D eigenvalue weighted by molar-refractivity contribution is -0.231. The number of para-hydroxylation sites is 2. The molecule has 1 aromatic carbocycles. The molecule has 4 heterocycles. The van der Waals surface area contributed by atoms with Gasteiger partial charge in [-0.05, 0) is 46.2 Å². The number of nitrogens with one attached hydrogen (secondary N) is 1. The third-order valence-corrected chi connectivity index (χ3v) is 6.55. The van der Waals surface area contributed by atoms with Gasteiger partial charge in [-0.2, -0.15) is 0 Å². The van der Waals surface area contributed by atoms with Gasteiger partial charge in [-0.3, -0.25) is 4.79 Å². The average Bonchev–Trinajstić information content (AvgIpc) is 3.40. The van der Waals surface area contributed by atoms with Crippen LogP contribution in [0.3, 0.4) is 0 Å². The van der Waals surface area contributed by atoms with Crippen molar-refractivity contribution < 1.29 is 28.5 Å². The molecule has 9 heteroatoms. The van der Waals surface area contributed by atoms with E-state index in [9.17, 15) is 4.79 Å². The maximum absolute atomic E-state index is 13.4. The Balaban J connectivity index is 1.33. The Kier molecular flexibility index (Phi) is 6.18. The van der Waals surface area contributed by atoms with Gasteiger partial charge in [0.05, 0.1) is 17.6 Å². The summed E-state index contributed by atoms with van der Waals surface area (Å²) in [7, 11) is 0. The van der Waals surface area contributed by atoms with Crippen LogP contribution in [0.4, 0.5) is 0 Å². The molecular weight excluding hydrogens is 438 g/mol.